The third kappa shape index (κ3) is 4.14. The summed E-state index contributed by atoms with van der Waals surface area (Å²) >= 11 is 1.64. The molecular weight excluding hydrogens is 418 g/mol. The fourth-order valence-corrected chi connectivity index (χ4v) is 5.27. The molecule has 32 heavy (non-hydrogen) atoms. The van der Waals surface area contributed by atoms with Gasteiger partial charge in [-0.1, -0.05) is 54.6 Å². The number of hydrogen-bond acceptors (Lipinski definition) is 4. The summed E-state index contributed by atoms with van der Waals surface area (Å²) in [6.07, 6.45) is 1.85. The Labute approximate surface area is 190 Å². The second-order valence-corrected chi connectivity index (χ2v) is 8.95. The van der Waals surface area contributed by atoms with Crippen LogP contribution in [0.2, 0.25) is 0 Å². The number of aromatic nitrogens is 1. The Kier molecular flexibility index (Phi) is 5.69. The van der Waals surface area contributed by atoms with E-state index in [1.54, 1.807) is 23.5 Å². The Balaban J connectivity index is 1.22. The van der Waals surface area contributed by atoms with E-state index in [1.807, 2.05) is 65.6 Å². The third-order valence-corrected chi connectivity index (χ3v) is 6.96. The van der Waals surface area contributed by atoms with Gasteiger partial charge < -0.3 is 10.2 Å². The zero-order valence-electron chi connectivity index (χ0n) is 17.5. The zero-order valence-corrected chi connectivity index (χ0v) is 18.3. The Hall–Kier alpha value is -3.51. The number of rotatable bonds is 5. The van der Waals surface area contributed by atoms with Gasteiger partial charge in [-0.05, 0) is 48.2 Å². The van der Waals surface area contributed by atoms with Crippen molar-refractivity contribution in [3.05, 3.63) is 89.4 Å². The van der Waals surface area contributed by atoms with Crippen molar-refractivity contribution in [3.63, 3.8) is 0 Å². The number of likely N-dealkylation sites (tertiary alicyclic amines) is 1. The normalized spacial score (nSPS) is 15.8. The maximum absolute atomic E-state index is 12.9. The van der Waals surface area contributed by atoms with E-state index >= 15 is 0 Å². The molecule has 1 atom stereocenters. The Morgan fingerprint density at radius 1 is 0.938 bits per heavy atom. The largest absolute Gasteiger partial charge is 0.343 e. The molecule has 0 saturated carbocycles. The van der Waals surface area contributed by atoms with Gasteiger partial charge in [0.15, 0.2) is 0 Å². The quantitative estimate of drug-likeness (QED) is 0.471. The molecule has 0 aliphatic carbocycles. The first-order valence-electron chi connectivity index (χ1n) is 10.8. The van der Waals surface area contributed by atoms with Crippen molar-refractivity contribution in [2.24, 2.45) is 0 Å². The molecular formula is C26H23N3O2S. The van der Waals surface area contributed by atoms with Crippen LogP contribution in [-0.4, -0.2) is 34.8 Å². The predicted octanol–water partition coefficient (Wildman–Crippen LogP) is 5.06. The summed E-state index contributed by atoms with van der Waals surface area (Å²) in [5.41, 5.74) is 3.67. The highest BCUT2D eigenvalue weighted by molar-refractivity contribution is 7.18. The smallest absolute Gasteiger partial charge is 0.251 e. The average molecular weight is 442 g/mol. The van der Waals surface area contributed by atoms with E-state index in [-0.39, 0.29) is 24.4 Å². The van der Waals surface area contributed by atoms with Gasteiger partial charge in [-0.25, -0.2) is 4.98 Å². The maximum atomic E-state index is 12.9. The summed E-state index contributed by atoms with van der Waals surface area (Å²) in [7, 11) is 0. The molecule has 3 aromatic carbocycles. The number of hydrogen-bond donors (Lipinski definition) is 1. The average Bonchev–Trinajstić information content (AvgIpc) is 3.50. The van der Waals surface area contributed by atoms with Crippen LogP contribution in [0.3, 0.4) is 0 Å². The van der Waals surface area contributed by atoms with Crippen molar-refractivity contribution in [2.75, 3.05) is 13.1 Å². The molecule has 0 bridgehead atoms. The van der Waals surface area contributed by atoms with E-state index in [9.17, 15) is 9.59 Å². The van der Waals surface area contributed by atoms with Gasteiger partial charge in [0.2, 0.25) is 5.91 Å². The number of para-hydroxylation sites is 1. The topological polar surface area (TPSA) is 62.3 Å². The molecule has 2 amide bonds. The standard InChI is InChI=1S/C26H23N3O2S/c30-24(29-16-6-10-22(29)26-28-21-9-4-5-11-23(21)32-26)17-27-25(31)20-14-12-19(13-15-20)18-7-2-1-3-8-18/h1-5,7-9,11-15,22H,6,10,16-17H2,(H,27,31)/t22-/m1/s1. The third-order valence-electron chi connectivity index (χ3n) is 5.82. The Bertz CT molecular complexity index is 1220. The molecule has 1 aliphatic heterocycles. The van der Waals surface area contributed by atoms with Crippen molar-refractivity contribution in [3.8, 4) is 11.1 Å². The van der Waals surface area contributed by atoms with Gasteiger partial charge >= 0.3 is 0 Å². The second kappa shape index (κ2) is 8.93. The molecule has 5 nitrogen and oxygen atoms in total. The van der Waals surface area contributed by atoms with Crippen molar-refractivity contribution >= 4 is 33.4 Å². The van der Waals surface area contributed by atoms with Crippen molar-refractivity contribution in [1.82, 2.24) is 15.2 Å². The number of fused-ring (bicyclic) bond motifs is 1. The fraction of sp³-hybridized carbons (Fsp3) is 0.192. The Morgan fingerprint density at radius 3 is 2.44 bits per heavy atom. The van der Waals surface area contributed by atoms with E-state index in [2.05, 4.69) is 11.4 Å². The minimum atomic E-state index is -0.242. The van der Waals surface area contributed by atoms with Gasteiger partial charge in [0.05, 0.1) is 22.8 Å². The number of thiazole rings is 1. The van der Waals surface area contributed by atoms with Crippen molar-refractivity contribution < 1.29 is 9.59 Å². The minimum absolute atomic E-state index is 0.0121. The summed E-state index contributed by atoms with van der Waals surface area (Å²) in [6, 6.07) is 25.5. The second-order valence-electron chi connectivity index (χ2n) is 7.89. The van der Waals surface area contributed by atoms with Crippen molar-refractivity contribution in [2.45, 2.75) is 18.9 Å². The highest BCUT2D eigenvalue weighted by Gasteiger charge is 2.32. The van der Waals surface area contributed by atoms with Crippen LogP contribution < -0.4 is 5.32 Å². The summed E-state index contributed by atoms with van der Waals surface area (Å²) in [5.74, 6) is -0.310. The maximum Gasteiger partial charge on any atom is 0.251 e. The van der Waals surface area contributed by atoms with Gasteiger partial charge in [0, 0.05) is 12.1 Å². The predicted molar refractivity (Wildman–Crippen MR) is 128 cm³/mol. The summed E-state index contributed by atoms with van der Waals surface area (Å²) < 4.78 is 1.13. The van der Waals surface area contributed by atoms with Crippen LogP contribution in [0.15, 0.2) is 78.9 Å². The number of carbonyl (C=O) groups excluding carboxylic acids is 2. The molecule has 0 radical (unpaired) electrons. The van der Waals surface area contributed by atoms with E-state index in [4.69, 9.17) is 4.98 Å². The molecule has 1 fully saturated rings. The Morgan fingerprint density at radius 2 is 1.66 bits per heavy atom. The number of carbonyl (C=O) groups is 2. The molecule has 1 N–H and O–H groups in total. The van der Waals surface area contributed by atoms with Crippen LogP contribution >= 0.6 is 11.3 Å². The molecule has 0 unspecified atom stereocenters. The van der Waals surface area contributed by atoms with Crippen LogP contribution in [0.5, 0.6) is 0 Å². The summed E-state index contributed by atoms with van der Waals surface area (Å²) in [6.45, 7) is 0.682. The first-order valence-corrected chi connectivity index (χ1v) is 11.6. The fourth-order valence-electron chi connectivity index (χ4n) is 4.16. The molecule has 1 aromatic heterocycles. The number of benzene rings is 3. The van der Waals surface area contributed by atoms with Gasteiger partial charge in [0.1, 0.15) is 5.01 Å². The first kappa shape index (κ1) is 20.4. The van der Waals surface area contributed by atoms with E-state index in [0.717, 1.165) is 39.2 Å². The monoisotopic (exact) mass is 441 g/mol. The lowest BCUT2D eigenvalue weighted by atomic mass is 10.0. The lowest BCUT2D eigenvalue weighted by Crippen LogP contribution is -2.39. The van der Waals surface area contributed by atoms with Gasteiger partial charge in [0.25, 0.3) is 5.91 Å². The van der Waals surface area contributed by atoms with Crippen molar-refractivity contribution in [1.29, 1.82) is 0 Å². The minimum Gasteiger partial charge on any atom is -0.343 e. The van der Waals surface area contributed by atoms with Crippen LogP contribution in [0.1, 0.15) is 34.2 Å². The number of nitrogens with one attached hydrogen (secondary N) is 1. The molecule has 0 spiro atoms. The van der Waals surface area contributed by atoms with Gasteiger partial charge in [-0.2, -0.15) is 0 Å². The first-order chi connectivity index (χ1) is 15.7. The molecule has 5 rings (SSSR count). The van der Waals surface area contributed by atoms with E-state index in [1.165, 1.54) is 0 Å². The highest BCUT2D eigenvalue weighted by Crippen LogP contribution is 2.36. The molecule has 2 heterocycles. The lowest BCUT2D eigenvalue weighted by molar-refractivity contribution is -0.131. The van der Waals surface area contributed by atoms with Gasteiger partial charge in [-0.15, -0.1) is 11.3 Å². The number of amides is 2. The summed E-state index contributed by atoms with van der Waals surface area (Å²) in [4.78, 5) is 32.1. The van der Waals surface area contributed by atoms with Gasteiger partial charge in [-0.3, -0.25) is 9.59 Å². The lowest BCUT2D eigenvalue weighted by Gasteiger charge is -2.23. The molecule has 1 aliphatic rings. The number of nitrogens with zero attached hydrogens (tertiary/aromatic N) is 2. The van der Waals surface area contributed by atoms with E-state index in [0.29, 0.717) is 12.1 Å². The van der Waals surface area contributed by atoms with Crippen LogP contribution in [0, 0.1) is 0 Å². The SMILES string of the molecule is O=C(NCC(=O)N1CCC[C@@H]1c1nc2ccccc2s1)c1ccc(-c2ccccc2)cc1. The van der Waals surface area contributed by atoms with Crippen LogP contribution in [-0.2, 0) is 4.79 Å². The summed E-state index contributed by atoms with van der Waals surface area (Å²) in [5, 5.41) is 3.76. The molecule has 4 aromatic rings. The van der Waals surface area contributed by atoms with Crippen LogP contribution in [0.4, 0.5) is 0 Å². The van der Waals surface area contributed by atoms with E-state index < -0.39 is 0 Å². The molecule has 6 heteroatoms. The zero-order chi connectivity index (χ0) is 21.9. The highest BCUT2D eigenvalue weighted by atomic mass is 32.1. The molecule has 1 saturated heterocycles. The van der Waals surface area contributed by atoms with Crippen LogP contribution in [0.25, 0.3) is 21.3 Å². The molecule has 160 valence electrons.